The lowest BCUT2D eigenvalue weighted by atomic mass is 9.91. The van der Waals surface area contributed by atoms with Gasteiger partial charge in [-0.05, 0) is 69.1 Å². The number of ether oxygens (including phenoxy) is 2. The molecule has 2 heterocycles. The van der Waals surface area contributed by atoms with Crippen molar-refractivity contribution in [3.8, 4) is 22.6 Å². The summed E-state index contributed by atoms with van der Waals surface area (Å²) in [5, 5.41) is 3.34. The van der Waals surface area contributed by atoms with Crippen LogP contribution in [-0.4, -0.2) is 44.7 Å². The molecule has 27 heavy (non-hydrogen) atoms. The van der Waals surface area contributed by atoms with Gasteiger partial charge < -0.3 is 14.8 Å². The molecule has 0 saturated carbocycles. The third-order valence-electron chi connectivity index (χ3n) is 6.60. The van der Waals surface area contributed by atoms with E-state index in [1.807, 2.05) is 6.07 Å². The van der Waals surface area contributed by atoms with Crippen LogP contribution in [0, 0.1) is 5.92 Å². The predicted molar refractivity (Wildman–Crippen MR) is 108 cm³/mol. The van der Waals surface area contributed by atoms with E-state index in [1.54, 1.807) is 7.11 Å². The summed E-state index contributed by atoms with van der Waals surface area (Å²) in [5.74, 6) is 2.55. The maximum Gasteiger partial charge on any atom is 0.170 e. The highest BCUT2D eigenvalue weighted by atomic mass is 16.5. The zero-order valence-corrected chi connectivity index (χ0v) is 16.2. The third kappa shape index (κ3) is 2.74. The van der Waals surface area contributed by atoms with Gasteiger partial charge in [-0.2, -0.15) is 0 Å². The number of para-hydroxylation sites is 1. The van der Waals surface area contributed by atoms with Crippen molar-refractivity contribution in [2.75, 3.05) is 33.8 Å². The topological polar surface area (TPSA) is 33.7 Å². The van der Waals surface area contributed by atoms with Crippen LogP contribution >= 0.6 is 0 Å². The summed E-state index contributed by atoms with van der Waals surface area (Å²) in [6.07, 6.45) is 3.74. The quantitative estimate of drug-likeness (QED) is 0.898. The van der Waals surface area contributed by atoms with Crippen molar-refractivity contribution in [3.63, 3.8) is 0 Å². The standard InChI is InChI=1S/C23H28N2O2/c1-24-14-15-9-11-25(12-10-15)19-13-16-5-3-6-17-18-7-4-8-20(26-2)22(18)27-23(19)21(16)17/h3-8,15,19,23-24H,9-14H2,1-2H3. The Morgan fingerprint density at radius 3 is 2.67 bits per heavy atom. The molecule has 1 aliphatic carbocycles. The Morgan fingerprint density at radius 1 is 1.11 bits per heavy atom. The fourth-order valence-electron chi connectivity index (χ4n) is 5.26. The van der Waals surface area contributed by atoms with Gasteiger partial charge in [0, 0.05) is 11.1 Å². The second-order valence-electron chi connectivity index (χ2n) is 8.06. The Bertz CT molecular complexity index is 842. The molecule has 0 bridgehead atoms. The molecule has 2 aromatic rings. The number of hydrogen-bond donors (Lipinski definition) is 1. The molecule has 2 aromatic carbocycles. The summed E-state index contributed by atoms with van der Waals surface area (Å²) in [4.78, 5) is 2.67. The number of fused-ring (bicyclic) bond motifs is 2. The van der Waals surface area contributed by atoms with E-state index in [2.05, 4.69) is 47.6 Å². The summed E-state index contributed by atoms with van der Waals surface area (Å²) in [6.45, 7) is 3.46. The van der Waals surface area contributed by atoms with Crippen LogP contribution < -0.4 is 14.8 Å². The fraction of sp³-hybridized carbons (Fsp3) is 0.478. The highest BCUT2D eigenvalue weighted by Crippen LogP contribution is 2.52. The number of nitrogens with zero attached hydrogens (tertiary/aromatic N) is 1. The monoisotopic (exact) mass is 364 g/mol. The molecule has 2 aliphatic heterocycles. The first-order chi connectivity index (χ1) is 13.3. The van der Waals surface area contributed by atoms with Crippen molar-refractivity contribution in [1.29, 1.82) is 0 Å². The molecule has 2 atom stereocenters. The normalized spacial score (nSPS) is 24.2. The lowest BCUT2D eigenvalue weighted by Gasteiger charge is -2.39. The van der Waals surface area contributed by atoms with E-state index in [4.69, 9.17) is 9.47 Å². The van der Waals surface area contributed by atoms with Crippen LogP contribution in [-0.2, 0) is 6.42 Å². The van der Waals surface area contributed by atoms with Crippen molar-refractivity contribution < 1.29 is 9.47 Å². The highest BCUT2D eigenvalue weighted by Gasteiger charge is 2.43. The molecule has 0 spiro atoms. The van der Waals surface area contributed by atoms with E-state index in [0.717, 1.165) is 35.9 Å². The number of rotatable bonds is 4. The molecule has 1 saturated heterocycles. The first-order valence-electron chi connectivity index (χ1n) is 10.1. The molecule has 1 N–H and O–H groups in total. The molecular formula is C23H28N2O2. The van der Waals surface area contributed by atoms with Gasteiger partial charge in [0.1, 0.15) is 6.10 Å². The van der Waals surface area contributed by atoms with Crippen LogP contribution in [0.15, 0.2) is 36.4 Å². The summed E-state index contributed by atoms with van der Waals surface area (Å²) < 4.78 is 12.3. The largest absolute Gasteiger partial charge is 0.493 e. The number of hydrogen-bond acceptors (Lipinski definition) is 4. The molecule has 0 aromatic heterocycles. The number of nitrogens with one attached hydrogen (secondary N) is 1. The zero-order valence-electron chi connectivity index (χ0n) is 16.2. The third-order valence-corrected chi connectivity index (χ3v) is 6.60. The van der Waals surface area contributed by atoms with E-state index >= 15 is 0 Å². The van der Waals surface area contributed by atoms with E-state index in [-0.39, 0.29) is 6.10 Å². The Kier molecular flexibility index (Phi) is 4.33. The van der Waals surface area contributed by atoms with Crippen molar-refractivity contribution >= 4 is 0 Å². The summed E-state index contributed by atoms with van der Waals surface area (Å²) >= 11 is 0. The molecule has 0 amide bonds. The van der Waals surface area contributed by atoms with Crippen molar-refractivity contribution in [2.24, 2.45) is 5.92 Å². The highest BCUT2D eigenvalue weighted by molar-refractivity contribution is 5.80. The average molecular weight is 364 g/mol. The predicted octanol–water partition coefficient (Wildman–Crippen LogP) is 3.65. The van der Waals surface area contributed by atoms with Crippen LogP contribution in [0.4, 0.5) is 0 Å². The van der Waals surface area contributed by atoms with E-state index in [9.17, 15) is 0 Å². The molecule has 142 valence electrons. The maximum atomic E-state index is 6.64. The van der Waals surface area contributed by atoms with Crippen molar-refractivity contribution in [1.82, 2.24) is 10.2 Å². The lowest BCUT2D eigenvalue weighted by molar-refractivity contribution is 0.0506. The zero-order chi connectivity index (χ0) is 18.4. The Hall–Kier alpha value is -2.04. The van der Waals surface area contributed by atoms with Crippen LogP contribution in [0.1, 0.15) is 30.1 Å². The van der Waals surface area contributed by atoms with Gasteiger partial charge in [-0.25, -0.2) is 0 Å². The SMILES string of the molecule is CNCC1CCN(C2Cc3cccc4c3C2Oc2c(OC)cccc2-4)CC1. The van der Waals surface area contributed by atoms with Crippen molar-refractivity contribution in [3.05, 3.63) is 47.5 Å². The molecule has 4 nitrogen and oxygen atoms in total. The summed E-state index contributed by atoms with van der Waals surface area (Å²) in [6, 6.07) is 13.4. The molecule has 1 fully saturated rings. The van der Waals surface area contributed by atoms with Crippen LogP contribution in [0.3, 0.4) is 0 Å². The fourth-order valence-corrected chi connectivity index (χ4v) is 5.26. The summed E-state index contributed by atoms with van der Waals surface area (Å²) in [5.41, 5.74) is 5.34. The second kappa shape index (κ2) is 6.84. The second-order valence-corrected chi connectivity index (χ2v) is 8.06. The first-order valence-corrected chi connectivity index (χ1v) is 10.1. The number of piperidine rings is 1. The van der Waals surface area contributed by atoms with Crippen LogP contribution in [0.2, 0.25) is 0 Å². The van der Waals surface area contributed by atoms with E-state index in [0.29, 0.717) is 6.04 Å². The minimum atomic E-state index is 0.112. The van der Waals surface area contributed by atoms with E-state index in [1.165, 1.54) is 42.6 Å². The first kappa shape index (κ1) is 17.1. The minimum absolute atomic E-state index is 0.112. The van der Waals surface area contributed by atoms with Gasteiger partial charge in [-0.15, -0.1) is 0 Å². The van der Waals surface area contributed by atoms with Crippen LogP contribution in [0.5, 0.6) is 11.5 Å². The lowest BCUT2D eigenvalue weighted by Crippen LogP contribution is -2.46. The number of likely N-dealkylation sites (tertiary alicyclic amines) is 1. The molecule has 3 aliphatic rings. The molecule has 2 unspecified atom stereocenters. The smallest absolute Gasteiger partial charge is 0.170 e. The Balaban J connectivity index is 1.48. The van der Waals surface area contributed by atoms with Gasteiger partial charge in [-0.3, -0.25) is 4.90 Å². The Labute approximate surface area is 161 Å². The van der Waals surface area contributed by atoms with E-state index < -0.39 is 0 Å². The average Bonchev–Trinajstić information content (AvgIpc) is 3.08. The van der Waals surface area contributed by atoms with Gasteiger partial charge in [0.25, 0.3) is 0 Å². The molecular weight excluding hydrogens is 336 g/mol. The van der Waals surface area contributed by atoms with Crippen LogP contribution in [0.25, 0.3) is 11.1 Å². The molecule has 5 rings (SSSR count). The van der Waals surface area contributed by atoms with Gasteiger partial charge in [0.15, 0.2) is 11.5 Å². The van der Waals surface area contributed by atoms with Crippen molar-refractivity contribution in [2.45, 2.75) is 31.4 Å². The number of benzene rings is 2. The summed E-state index contributed by atoms with van der Waals surface area (Å²) in [7, 11) is 3.78. The maximum absolute atomic E-state index is 6.64. The molecule has 0 radical (unpaired) electrons. The van der Waals surface area contributed by atoms with Gasteiger partial charge in [0.2, 0.25) is 0 Å². The van der Waals surface area contributed by atoms with Gasteiger partial charge >= 0.3 is 0 Å². The van der Waals surface area contributed by atoms with Gasteiger partial charge in [0.05, 0.1) is 13.2 Å². The number of methoxy groups -OCH3 is 1. The van der Waals surface area contributed by atoms with Gasteiger partial charge in [-0.1, -0.05) is 30.3 Å². The Morgan fingerprint density at radius 2 is 1.89 bits per heavy atom. The minimum Gasteiger partial charge on any atom is -0.493 e. The molecule has 4 heteroatoms.